The van der Waals surface area contributed by atoms with Crippen molar-refractivity contribution in [2.24, 2.45) is 11.1 Å². The minimum absolute atomic E-state index is 0.217. The molecule has 0 aliphatic heterocycles. The number of hydrogen-bond acceptors (Lipinski definition) is 1. The fourth-order valence-corrected chi connectivity index (χ4v) is 2.82. The van der Waals surface area contributed by atoms with E-state index in [9.17, 15) is 0 Å². The van der Waals surface area contributed by atoms with Crippen LogP contribution in [0, 0.1) is 5.41 Å². The van der Waals surface area contributed by atoms with Crippen molar-refractivity contribution >= 4 is 22.5 Å². The third-order valence-electron chi connectivity index (χ3n) is 3.92. The highest BCUT2D eigenvalue weighted by atomic mass is 35.5. The van der Waals surface area contributed by atoms with Crippen LogP contribution in [0.1, 0.15) is 25.3 Å². The van der Waals surface area contributed by atoms with E-state index in [1.54, 1.807) is 0 Å². The molecule has 0 radical (unpaired) electrons. The molecule has 3 heteroatoms. The summed E-state index contributed by atoms with van der Waals surface area (Å²) in [4.78, 5) is 3.27. The first kappa shape index (κ1) is 10.2. The molecule has 3 N–H and O–H groups in total. The molecule has 1 aromatic carbocycles. The maximum absolute atomic E-state index is 6.12. The maximum Gasteiger partial charge on any atom is 0.0471 e. The summed E-state index contributed by atoms with van der Waals surface area (Å²) >= 11 is 5.96. The van der Waals surface area contributed by atoms with E-state index in [0.29, 0.717) is 5.92 Å². The van der Waals surface area contributed by atoms with Crippen molar-refractivity contribution in [3.8, 4) is 0 Å². The zero-order valence-corrected chi connectivity index (χ0v) is 10.2. The van der Waals surface area contributed by atoms with Crippen molar-refractivity contribution < 1.29 is 0 Å². The summed E-state index contributed by atoms with van der Waals surface area (Å²) in [6.07, 6.45) is 2.07. The lowest BCUT2D eigenvalue weighted by Crippen LogP contribution is -2.06. The van der Waals surface area contributed by atoms with Crippen molar-refractivity contribution in [1.29, 1.82) is 0 Å². The first-order valence-corrected chi connectivity index (χ1v) is 5.92. The minimum atomic E-state index is 0.217. The van der Waals surface area contributed by atoms with Gasteiger partial charge in [-0.3, -0.25) is 0 Å². The van der Waals surface area contributed by atoms with Gasteiger partial charge >= 0.3 is 0 Å². The molecule has 0 saturated heterocycles. The lowest BCUT2D eigenvalue weighted by Gasteiger charge is -2.00. The van der Waals surface area contributed by atoms with E-state index in [4.69, 9.17) is 17.3 Å². The van der Waals surface area contributed by atoms with Crippen LogP contribution in [0.5, 0.6) is 0 Å². The number of hydrogen-bond donors (Lipinski definition) is 2. The quantitative estimate of drug-likeness (QED) is 0.781. The summed E-state index contributed by atoms with van der Waals surface area (Å²) < 4.78 is 0. The molecule has 0 amide bonds. The summed E-state index contributed by atoms with van der Waals surface area (Å²) in [6.45, 7) is 4.44. The number of H-pyrrole nitrogens is 1. The minimum Gasteiger partial charge on any atom is -0.361 e. The molecule has 0 unspecified atom stereocenters. The molecule has 16 heavy (non-hydrogen) atoms. The van der Waals surface area contributed by atoms with Crippen LogP contribution in [0.2, 0.25) is 5.02 Å². The molecule has 1 aromatic heterocycles. The van der Waals surface area contributed by atoms with Crippen molar-refractivity contribution in [3.05, 3.63) is 35.0 Å². The largest absolute Gasteiger partial charge is 0.361 e. The lowest BCUT2D eigenvalue weighted by molar-refractivity contribution is 0.600. The predicted molar refractivity (Wildman–Crippen MR) is 67.8 cm³/mol. The predicted octanol–water partition coefficient (Wildman–Crippen LogP) is 3.27. The normalized spacial score (nSPS) is 27.2. The summed E-state index contributed by atoms with van der Waals surface area (Å²) in [7, 11) is 0. The zero-order chi connectivity index (χ0) is 11.5. The Morgan fingerprint density at radius 2 is 2.06 bits per heavy atom. The number of rotatable bonds is 1. The Labute approximate surface area is 99.8 Å². The van der Waals surface area contributed by atoms with Gasteiger partial charge in [0.25, 0.3) is 0 Å². The van der Waals surface area contributed by atoms with E-state index < -0.39 is 0 Å². The second-order valence-corrected chi connectivity index (χ2v) is 5.70. The van der Waals surface area contributed by atoms with Gasteiger partial charge in [0.2, 0.25) is 0 Å². The Kier molecular flexibility index (Phi) is 1.92. The van der Waals surface area contributed by atoms with Crippen LogP contribution in [0.25, 0.3) is 10.9 Å². The van der Waals surface area contributed by atoms with Gasteiger partial charge in [0, 0.05) is 34.1 Å². The van der Waals surface area contributed by atoms with E-state index in [-0.39, 0.29) is 11.5 Å². The molecule has 1 saturated carbocycles. The molecule has 84 valence electrons. The van der Waals surface area contributed by atoms with Crippen LogP contribution in [0.4, 0.5) is 0 Å². The Hall–Kier alpha value is -0.990. The average molecular weight is 235 g/mol. The maximum atomic E-state index is 6.12. The Balaban J connectivity index is 2.13. The summed E-state index contributed by atoms with van der Waals surface area (Å²) in [5.41, 5.74) is 8.75. The van der Waals surface area contributed by atoms with Crippen molar-refractivity contribution in [3.63, 3.8) is 0 Å². The van der Waals surface area contributed by atoms with E-state index in [0.717, 1.165) is 10.5 Å². The summed E-state index contributed by atoms with van der Waals surface area (Å²) in [5.74, 6) is 0.461. The number of nitrogens with one attached hydrogen (secondary N) is 1. The highest BCUT2D eigenvalue weighted by Gasteiger charge is 2.56. The molecule has 1 fully saturated rings. The highest BCUT2D eigenvalue weighted by Crippen LogP contribution is 2.58. The van der Waals surface area contributed by atoms with E-state index in [1.807, 2.05) is 12.1 Å². The summed E-state index contributed by atoms with van der Waals surface area (Å²) in [6, 6.07) is 6.23. The zero-order valence-electron chi connectivity index (χ0n) is 9.42. The van der Waals surface area contributed by atoms with Crippen LogP contribution < -0.4 is 5.73 Å². The molecule has 3 rings (SSSR count). The van der Waals surface area contributed by atoms with Crippen molar-refractivity contribution in [1.82, 2.24) is 4.98 Å². The Bertz CT molecular complexity index is 556. The molecule has 2 aromatic rings. The van der Waals surface area contributed by atoms with Gasteiger partial charge in [-0.15, -0.1) is 0 Å². The monoisotopic (exact) mass is 234 g/mol. The molecule has 1 aliphatic rings. The third kappa shape index (κ3) is 1.23. The number of benzene rings is 1. The second-order valence-electron chi connectivity index (χ2n) is 5.26. The molecular weight excluding hydrogens is 220 g/mol. The van der Waals surface area contributed by atoms with Crippen molar-refractivity contribution in [2.45, 2.75) is 25.8 Å². The molecule has 1 aliphatic carbocycles. The van der Waals surface area contributed by atoms with Gasteiger partial charge in [-0.05, 0) is 23.1 Å². The highest BCUT2D eigenvalue weighted by molar-refractivity contribution is 6.31. The molecule has 0 bridgehead atoms. The molecule has 1 heterocycles. The number of fused-ring (bicyclic) bond motifs is 1. The number of halogens is 1. The van der Waals surface area contributed by atoms with E-state index in [2.05, 4.69) is 31.1 Å². The second kappa shape index (κ2) is 3.02. The van der Waals surface area contributed by atoms with Gasteiger partial charge in [0.1, 0.15) is 0 Å². The van der Waals surface area contributed by atoms with Crippen LogP contribution in [0.3, 0.4) is 0 Å². The van der Waals surface area contributed by atoms with Gasteiger partial charge < -0.3 is 10.7 Å². The van der Waals surface area contributed by atoms with Crippen molar-refractivity contribution in [2.75, 3.05) is 0 Å². The SMILES string of the molecule is CC1(C)[C@H](N)[C@H]1c1c[nH]c2cc(Cl)ccc12. The smallest absolute Gasteiger partial charge is 0.0471 e. The Morgan fingerprint density at radius 3 is 2.69 bits per heavy atom. The molecular formula is C13H15ClN2. The first-order valence-electron chi connectivity index (χ1n) is 5.54. The summed E-state index contributed by atoms with van der Waals surface area (Å²) in [5, 5.41) is 2.01. The molecule has 2 nitrogen and oxygen atoms in total. The molecule has 2 atom stereocenters. The van der Waals surface area contributed by atoms with Gasteiger partial charge in [0.05, 0.1) is 0 Å². The van der Waals surface area contributed by atoms with Crippen LogP contribution in [-0.2, 0) is 0 Å². The molecule has 0 spiro atoms. The average Bonchev–Trinajstić information content (AvgIpc) is 2.61. The van der Waals surface area contributed by atoms with Gasteiger partial charge in [-0.1, -0.05) is 31.5 Å². The van der Waals surface area contributed by atoms with Gasteiger partial charge in [0.15, 0.2) is 0 Å². The van der Waals surface area contributed by atoms with Crippen LogP contribution >= 0.6 is 11.6 Å². The van der Waals surface area contributed by atoms with Gasteiger partial charge in [-0.25, -0.2) is 0 Å². The topological polar surface area (TPSA) is 41.8 Å². The lowest BCUT2D eigenvalue weighted by atomic mass is 10.0. The van der Waals surface area contributed by atoms with E-state index >= 15 is 0 Å². The number of nitrogens with two attached hydrogens (primary N) is 1. The Morgan fingerprint density at radius 1 is 1.38 bits per heavy atom. The fraction of sp³-hybridized carbons (Fsp3) is 0.385. The number of aromatic nitrogens is 1. The van der Waals surface area contributed by atoms with Crippen LogP contribution in [0.15, 0.2) is 24.4 Å². The number of aromatic amines is 1. The first-order chi connectivity index (χ1) is 7.51. The van der Waals surface area contributed by atoms with Crippen LogP contribution in [-0.4, -0.2) is 11.0 Å². The third-order valence-corrected chi connectivity index (χ3v) is 4.16. The van der Waals surface area contributed by atoms with Gasteiger partial charge in [-0.2, -0.15) is 0 Å². The standard InChI is InChI=1S/C13H15ClN2/c1-13(2)11(12(13)15)9-6-16-10-5-7(14)3-4-8(9)10/h3-6,11-12,16H,15H2,1-2H3/t11-,12-/m1/s1. The fourth-order valence-electron chi connectivity index (χ4n) is 2.65. The van der Waals surface area contributed by atoms with E-state index in [1.165, 1.54) is 10.9 Å².